The number of aromatic nitrogens is 4. The first-order valence-corrected chi connectivity index (χ1v) is 6.74. The van der Waals surface area contributed by atoms with Gasteiger partial charge < -0.3 is 4.98 Å². The molecule has 1 saturated carbocycles. The molecule has 4 nitrogen and oxygen atoms in total. The molecule has 0 aromatic carbocycles. The summed E-state index contributed by atoms with van der Waals surface area (Å²) in [5, 5.41) is 4.55. The fourth-order valence-electron chi connectivity index (χ4n) is 2.78. The Bertz CT molecular complexity index is 618. The van der Waals surface area contributed by atoms with Gasteiger partial charge in [-0.25, -0.2) is 0 Å². The van der Waals surface area contributed by atoms with Crippen LogP contribution in [0, 0.1) is 10.7 Å². The first-order chi connectivity index (χ1) is 8.17. The van der Waals surface area contributed by atoms with Crippen molar-refractivity contribution in [3.8, 4) is 0 Å². The van der Waals surface area contributed by atoms with Crippen molar-refractivity contribution in [3.63, 3.8) is 0 Å². The molecule has 0 amide bonds. The Morgan fingerprint density at radius 1 is 1.47 bits per heavy atom. The molecule has 5 heteroatoms. The summed E-state index contributed by atoms with van der Waals surface area (Å²) in [5.74, 6) is 0.792. The van der Waals surface area contributed by atoms with Crippen molar-refractivity contribution >= 4 is 23.4 Å². The lowest BCUT2D eigenvalue weighted by molar-refractivity contribution is 0.625. The fourth-order valence-corrected chi connectivity index (χ4v) is 3.10. The molecule has 1 fully saturated rings. The number of aromatic amines is 1. The van der Waals surface area contributed by atoms with E-state index in [4.69, 9.17) is 12.2 Å². The van der Waals surface area contributed by atoms with Gasteiger partial charge in [-0.1, -0.05) is 20.3 Å². The summed E-state index contributed by atoms with van der Waals surface area (Å²) in [6.07, 6.45) is 3.43. The number of nitrogens with zero attached hydrogens (tertiary/aromatic N) is 3. The van der Waals surface area contributed by atoms with Gasteiger partial charge in [0.15, 0.2) is 10.4 Å². The smallest absolute Gasteiger partial charge is 0.179 e. The lowest BCUT2D eigenvalue weighted by Gasteiger charge is -2.03. The average Bonchev–Trinajstić information content (AvgIpc) is 2.92. The summed E-state index contributed by atoms with van der Waals surface area (Å²) >= 11 is 5.46. The highest BCUT2D eigenvalue weighted by Crippen LogP contribution is 2.47. The van der Waals surface area contributed by atoms with Crippen LogP contribution in [-0.4, -0.2) is 19.3 Å². The van der Waals surface area contributed by atoms with Crippen molar-refractivity contribution in [1.29, 1.82) is 0 Å². The Balaban J connectivity index is 2.21. The van der Waals surface area contributed by atoms with Crippen molar-refractivity contribution in [2.75, 3.05) is 0 Å². The average molecular weight is 250 g/mol. The minimum atomic E-state index is 0.585. The van der Waals surface area contributed by atoms with E-state index in [0.29, 0.717) is 6.04 Å². The number of nitrogens with one attached hydrogen (secondary N) is 1. The van der Waals surface area contributed by atoms with Crippen LogP contribution in [0.2, 0.25) is 0 Å². The van der Waals surface area contributed by atoms with E-state index in [2.05, 4.69) is 28.5 Å². The molecule has 0 spiro atoms. The van der Waals surface area contributed by atoms with Crippen LogP contribution in [0.5, 0.6) is 0 Å². The van der Waals surface area contributed by atoms with Crippen molar-refractivity contribution in [1.82, 2.24) is 19.3 Å². The third-order valence-corrected chi connectivity index (χ3v) is 4.14. The van der Waals surface area contributed by atoms with E-state index >= 15 is 0 Å². The van der Waals surface area contributed by atoms with Gasteiger partial charge in [-0.2, -0.15) is 5.10 Å². The van der Waals surface area contributed by atoms with E-state index in [-0.39, 0.29) is 0 Å². The third kappa shape index (κ3) is 1.48. The van der Waals surface area contributed by atoms with Gasteiger partial charge in [-0.05, 0) is 31.0 Å². The Kier molecular flexibility index (Phi) is 2.40. The summed E-state index contributed by atoms with van der Waals surface area (Å²) < 4.78 is 5.08. The third-order valence-electron chi connectivity index (χ3n) is 3.84. The van der Waals surface area contributed by atoms with Crippen molar-refractivity contribution in [2.45, 2.75) is 39.2 Å². The van der Waals surface area contributed by atoms with Crippen molar-refractivity contribution in [2.24, 2.45) is 13.0 Å². The minimum Gasteiger partial charge on any atom is -0.328 e. The monoisotopic (exact) mass is 250 g/mol. The SMILES string of the molecule is CCc1nn(C)c2c1[nH]c(=S)n2C1CC1CC. The number of imidazole rings is 1. The molecular formula is C12H18N4S. The van der Waals surface area contributed by atoms with Gasteiger partial charge in [-0.3, -0.25) is 9.25 Å². The zero-order valence-corrected chi connectivity index (χ0v) is 11.3. The van der Waals surface area contributed by atoms with Crippen LogP contribution in [0.3, 0.4) is 0 Å². The molecule has 17 heavy (non-hydrogen) atoms. The highest BCUT2D eigenvalue weighted by Gasteiger charge is 2.39. The van der Waals surface area contributed by atoms with Crippen molar-refractivity contribution < 1.29 is 0 Å². The number of H-pyrrole nitrogens is 1. The molecule has 1 N–H and O–H groups in total. The van der Waals surface area contributed by atoms with Gasteiger partial charge in [0.05, 0.1) is 5.69 Å². The van der Waals surface area contributed by atoms with Crippen LogP contribution >= 0.6 is 12.2 Å². The molecule has 2 unspecified atom stereocenters. The van der Waals surface area contributed by atoms with E-state index in [9.17, 15) is 0 Å². The quantitative estimate of drug-likeness (QED) is 0.851. The first kappa shape index (κ1) is 11.0. The van der Waals surface area contributed by atoms with Gasteiger partial charge in [0.25, 0.3) is 0 Å². The highest BCUT2D eigenvalue weighted by molar-refractivity contribution is 7.71. The zero-order valence-electron chi connectivity index (χ0n) is 10.5. The van der Waals surface area contributed by atoms with Crippen LogP contribution in [0.4, 0.5) is 0 Å². The molecule has 2 atom stereocenters. The first-order valence-electron chi connectivity index (χ1n) is 6.33. The van der Waals surface area contributed by atoms with E-state index in [0.717, 1.165) is 34.0 Å². The van der Waals surface area contributed by atoms with Gasteiger partial charge >= 0.3 is 0 Å². The molecule has 92 valence electrons. The lowest BCUT2D eigenvalue weighted by Crippen LogP contribution is -2.02. The maximum absolute atomic E-state index is 5.46. The molecule has 1 aliphatic rings. The second-order valence-electron chi connectivity index (χ2n) is 4.89. The standard InChI is InChI=1S/C12H18N4S/c1-4-7-6-9(7)16-11-10(13-12(16)17)8(5-2)14-15(11)3/h7,9H,4-6H2,1-3H3,(H,13,17). The summed E-state index contributed by atoms with van der Waals surface area (Å²) in [4.78, 5) is 3.33. The molecule has 0 bridgehead atoms. The largest absolute Gasteiger partial charge is 0.328 e. The number of hydrogen-bond acceptors (Lipinski definition) is 2. The molecule has 2 heterocycles. The molecular weight excluding hydrogens is 232 g/mol. The molecule has 2 aromatic heterocycles. The zero-order chi connectivity index (χ0) is 12.2. The van der Waals surface area contributed by atoms with Crippen LogP contribution < -0.4 is 0 Å². The second kappa shape index (κ2) is 3.70. The van der Waals surface area contributed by atoms with Gasteiger partial charge in [0.1, 0.15) is 5.52 Å². The normalized spacial score (nSPS) is 23.5. The van der Waals surface area contributed by atoms with Gasteiger partial charge in [0.2, 0.25) is 0 Å². The number of aryl methyl sites for hydroxylation is 2. The van der Waals surface area contributed by atoms with Crippen LogP contribution in [0.25, 0.3) is 11.2 Å². The Morgan fingerprint density at radius 3 is 2.82 bits per heavy atom. The predicted octanol–water partition coefficient (Wildman–Crippen LogP) is 2.97. The number of fused-ring (bicyclic) bond motifs is 1. The van der Waals surface area contributed by atoms with E-state index in [1.54, 1.807) is 0 Å². The number of rotatable bonds is 3. The van der Waals surface area contributed by atoms with Crippen LogP contribution in [0.15, 0.2) is 0 Å². The highest BCUT2D eigenvalue weighted by atomic mass is 32.1. The lowest BCUT2D eigenvalue weighted by atomic mass is 10.3. The molecule has 1 aliphatic carbocycles. The summed E-state index contributed by atoms with van der Waals surface area (Å²) in [7, 11) is 2.00. The van der Waals surface area contributed by atoms with Crippen LogP contribution in [-0.2, 0) is 13.5 Å². The topological polar surface area (TPSA) is 38.5 Å². The van der Waals surface area contributed by atoms with E-state index in [1.165, 1.54) is 12.8 Å². The summed E-state index contributed by atoms with van der Waals surface area (Å²) in [6.45, 7) is 4.38. The maximum Gasteiger partial charge on any atom is 0.179 e. The Morgan fingerprint density at radius 2 is 2.24 bits per heavy atom. The second-order valence-corrected chi connectivity index (χ2v) is 5.28. The Hall–Kier alpha value is -1.10. The summed E-state index contributed by atoms with van der Waals surface area (Å²) in [6, 6.07) is 0.585. The molecule has 0 aliphatic heterocycles. The van der Waals surface area contributed by atoms with E-state index < -0.39 is 0 Å². The molecule has 3 rings (SSSR count). The van der Waals surface area contributed by atoms with Gasteiger partial charge in [-0.15, -0.1) is 0 Å². The van der Waals surface area contributed by atoms with Crippen molar-refractivity contribution in [3.05, 3.63) is 10.5 Å². The van der Waals surface area contributed by atoms with Crippen LogP contribution in [0.1, 0.15) is 38.4 Å². The number of hydrogen-bond donors (Lipinski definition) is 1. The molecule has 2 aromatic rings. The Labute approximate surface area is 106 Å². The van der Waals surface area contributed by atoms with E-state index in [1.807, 2.05) is 11.7 Å². The molecule has 0 saturated heterocycles. The fraction of sp³-hybridized carbons (Fsp3) is 0.667. The minimum absolute atomic E-state index is 0.585. The van der Waals surface area contributed by atoms with Gasteiger partial charge in [0, 0.05) is 13.1 Å². The maximum atomic E-state index is 5.46. The molecule has 0 radical (unpaired) electrons. The summed E-state index contributed by atoms with van der Waals surface area (Å²) in [5.41, 5.74) is 3.40. The predicted molar refractivity (Wildman–Crippen MR) is 70.7 cm³/mol.